The van der Waals surface area contributed by atoms with Gasteiger partial charge in [-0.2, -0.15) is 13.2 Å². The van der Waals surface area contributed by atoms with Gasteiger partial charge in [0.15, 0.2) is 5.82 Å². The second kappa shape index (κ2) is 6.99. The normalized spacial score (nSPS) is 16.0. The molecule has 2 N–H and O–H groups in total. The highest BCUT2D eigenvalue weighted by Crippen LogP contribution is 2.36. The van der Waals surface area contributed by atoms with Crippen molar-refractivity contribution in [3.63, 3.8) is 0 Å². The molecule has 1 fully saturated rings. The first-order valence-corrected chi connectivity index (χ1v) is 9.13. The molecule has 5 nitrogen and oxygen atoms in total. The van der Waals surface area contributed by atoms with Gasteiger partial charge in [-0.3, -0.25) is 0 Å². The average molecular weight is 396 g/mol. The predicted octanol–water partition coefficient (Wildman–Crippen LogP) is 5.44. The summed E-state index contributed by atoms with van der Waals surface area (Å²) in [4.78, 5) is 15.3. The molecule has 1 aliphatic rings. The van der Waals surface area contributed by atoms with Gasteiger partial charge in [0.1, 0.15) is 17.0 Å². The Bertz CT molecular complexity index is 963. The monoisotopic (exact) mass is 395 g/mol. The lowest BCUT2D eigenvalue weighted by Gasteiger charge is -2.25. The van der Waals surface area contributed by atoms with Crippen LogP contribution in [0.1, 0.15) is 37.7 Å². The van der Waals surface area contributed by atoms with Crippen LogP contribution in [0.25, 0.3) is 22.4 Å². The fourth-order valence-corrected chi connectivity index (χ4v) is 3.59. The second-order valence-electron chi connectivity index (χ2n) is 6.68. The lowest BCUT2D eigenvalue weighted by molar-refractivity contribution is -0.137. The highest BCUT2D eigenvalue weighted by atomic mass is 35.5. The third-order valence-electron chi connectivity index (χ3n) is 4.78. The fraction of sp³-hybridized carbons (Fsp3) is 0.389. The summed E-state index contributed by atoms with van der Waals surface area (Å²) in [6.45, 7) is 0. The molecule has 1 saturated carbocycles. The maximum absolute atomic E-state index is 13.4. The molecule has 0 aliphatic heterocycles. The summed E-state index contributed by atoms with van der Waals surface area (Å²) in [5.74, 6) is 0.0142. The van der Waals surface area contributed by atoms with E-state index in [1.807, 2.05) is 0 Å². The Morgan fingerprint density at radius 3 is 2.63 bits per heavy atom. The van der Waals surface area contributed by atoms with Gasteiger partial charge in [-0.25, -0.2) is 15.0 Å². The molecule has 4 rings (SSSR count). The van der Waals surface area contributed by atoms with Crippen LogP contribution in [0, 0.1) is 0 Å². The van der Waals surface area contributed by atoms with Gasteiger partial charge >= 0.3 is 6.18 Å². The van der Waals surface area contributed by atoms with Crippen LogP contribution in [0.4, 0.5) is 19.0 Å². The molecule has 0 radical (unpaired) electrons. The molecule has 9 heteroatoms. The number of rotatable bonds is 3. The number of anilines is 1. The van der Waals surface area contributed by atoms with E-state index < -0.39 is 11.7 Å². The standard InChI is InChI=1S/C18H17ClF3N5/c19-10-6-12-13(8-24-15(12)23-7-10)16-25-9-14(18(20,21)22)17(27-16)26-11-4-2-1-3-5-11/h6-9,11H,1-5H2,(H,23,24)(H,25,26,27). The van der Waals surface area contributed by atoms with Gasteiger partial charge in [0.2, 0.25) is 0 Å². The summed E-state index contributed by atoms with van der Waals surface area (Å²) in [5.41, 5.74) is 0.271. The molecule has 3 heterocycles. The number of nitrogens with zero attached hydrogens (tertiary/aromatic N) is 3. The Kier molecular flexibility index (Phi) is 4.67. The number of pyridine rings is 1. The molecule has 0 atom stereocenters. The molecule has 0 amide bonds. The first-order valence-electron chi connectivity index (χ1n) is 8.75. The number of hydrogen-bond donors (Lipinski definition) is 2. The van der Waals surface area contributed by atoms with Crippen molar-refractivity contribution < 1.29 is 13.2 Å². The van der Waals surface area contributed by atoms with Gasteiger partial charge in [0.25, 0.3) is 0 Å². The molecule has 0 aromatic carbocycles. The zero-order valence-electron chi connectivity index (χ0n) is 14.3. The number of halogens is 4. The SMILES string of the molecule is FC(F)(F)c1cnc(-c2c[nH]c3ncc(Cl)cc23)nc1NC1CCCCC1. The number of fused-ring (bicyclic) bond motifs is 1. The molecular weight excluding hydrogens is 379 g/mol. The third kappa shape index (κ3) is 3.71. The van der Waals surface area contributed by atoms with Gasteiger partial charge in [-0.15, -0.1) is 0 Å². The number of alkyl halides is 3. The fourth-order valence-electron chi connectivity index (χ4n) is 3.43. The predicted molar refractivity (Wildman–Crippen MR) is 97.6 cm³/mol. The number of hydrogen-bond acceptors (Lipinski definition) is 4. The number of aromatic nitrogens is 4. The summed E-state index contributed by atoms with van der Waals surface area (Å²) in [7, 11) is 0. The molecule has 0 saturated heterocycles. The molecule has 0 spiro atoms. The molecule has 3 aromatic rings. The third-order valence-corrected chi connectivity index (χ3v) is 4.99. The Balaban J connectivity index is 1.77. The minimum Gasteiger partial charge on any atom is -0.367 e. The van der Waals surface area contributed by atoms with Crippen molar-refractivity contribution in [2.24, 2.45) is 0 Å². The minimum atomic E-state index is -4.53. The molecule has 0 bridgehead atoms. The van der Waals surface area contributed by atoms with Crippen LogP contribution in [0.15, 0.2) is 24.7 Å². The number of H-pyrrole nitrogens is 1. The highest BCUT2D eigenvalue weighted by molar-refractivity contribution is 6.31. The van der Waals surface area contributed by atoms with Crippen LogP contribution in [0.3, 0.4) is 0 Å². The molecule has 3 aromatic heterocycles. The first-order chi connectivity index (χ1) is 12.9. The van der Waals surface area contributed by atoms with E-state index in [4.69, 9.17) is 11.6 Å². The molecule has 0 unspecified atom stereocenters. The topological polar surface area (TPSA) is 66.5 Å². The van der Waals surface area contributed by atoms with Gasteiger partial charge in [0, 0.05) is 35.6 Å². The summed E-state index contributed by atoms with van der Waals surface area (Å²) < 4.78 is 40.3. The summed E-state index contributed by atoms with van der Waals surface area (Å²) in [6, 6.07) is 1.67. The quantitative estimate of drug-likeness (QED) is 0.620. The van der Waals surface area contributed by atoms with E-state index in [0.717, 1.165) is 38.3 Å². The van der Waals surface area contributed by atoms with Crippen LogP contribution >= 0.6 is 11.6 Å². The lowest BCUT2D eigenvalue weighted by Crippen LogP contribution is -2.25. The van der Waals surface area contributed by atoms with Crippen molar-refractivity contribution in [3.05, 3.63) is 35.2 Å². The zero-order chi connectivity index (χ0) is 19.0. The molecule has 142 valence electrons. The van der Waals surface area contributed by atoms with Crippen molar-refractivity contribution in [3.8, 4) is 11.4 Å². The first kappa shape index (κ1) is 18.0. The minimum absolute atomic E-state index is 0.0123. The average Bonchev–Trinajstić information content (AvgIpc) is 3.04. The zero-order valence-corrected chi connectivity index (χ0v) is 15.0. The van der Waals surface area contributed by atoms with Crippen LogP contribution in [-0.4, -0.2) is 26.0 Å². The number of aromatic amines is 1. The second-order valence-corrected chi connectivity index (χ2v) is 7.12. The Morgan fingerprint density at radius 1 is 1.11 bits per heavy atom. The number of nitrogens with one attached hydrogen (secondary N) is 2. The van der Waals surface area contributed by atoms with Crippen LogP contribution < -0.4 is 5.32 Å². The smallest absolute Gasteiger partial charge is 0.367 e. The van der Waals surface area contributed by atoms with E-state index in [1.165, 1.54) is 6.20 Å². The van der Waals surface area contributed by atoms with Crippen molar-refractivity contribution in [2.75, 3.05) is 5.32 Å². The van der Waals surface area contributed by atoms with E-state index in [9.17, 15) is 13.2 Å². The van der Waals surface area contributed by atoms with Gasteiger partial charge < -0.3 is 10.3 Å². The summed E-state index contributed by atoms with van der Waals surface area (Å²) >= 11 is 6.00. The van der Waals surface area contributed by atoms with Crippen molar-refractivity contribution in [1.29, 1.82) is 0 Å². The molecule has 27 heavy (non-hydrogen) atoms. The Labute approximate surface area is 158 Å². The lowest BCUT2D eigenvalue weighted by atomic mass is 9.95. The summed E-state index contributed by atoms with van der Waals surface area (Å²) in [6.07, 6.45) is 4.22. The largest absolute Gasteiger partial charge is 0.421 e. The van der Waals surface area contributed by atoms with Gasteiger partial charge in [0.05, 0.1) is 5.02 Å². The maximum atomic E-state index is 13.4. The van der Waals surface area contributed by atoms with Crippen molar-refractivity contribution in [1.82, 2.24) is 19.9 Å². The maximum Gasteiger partial charge on any atom is 0.421 e. The van der Waals surface area contributed by atoms with E-state index in [2.05, 4.69) is 25.3 Å². The van der Waals surface area contributed by atoms with E-state index in [0.29, 0.717) is 21.6 Å². The van der Waals surface area contributed by atoms with E-state index >= 15 is 0 Å². The Hall–Kier alpha value is -2.35. The van der Waals surface area contributed by atoms with E-state index in [1.54, 1.807) is 12.3 Å². The van der Waals surface area contributed by atoms with Crippen LogP contribution in [-0.2, 0) is 6.18 Å². The van der Waals surface area contributed by atoms with E-state index in [-0.39, 0.29) is 17.7 Å². The van der Waals surface area contributed by atoms with Crippen molar-refractivity contribution >= 4 is 28.5 Å². The van der Waals surface area contributed by atoms with Gasteiger partial charge in [-0.05, 0) is 18.9 Å². The summed E-state index contributed by atoms with van der Waals surface area (Å²) in [5, 5.41) is 4.08. The van der Waals surface area contributed by atoms with Crippen LogP contribution in [0.2, 0.25) is 5.02 Å². The van der Waals surface area contributed by atoms with Crippen molar-refractivity contribution in [2.45, 2.75) is 44.3 Å². The molecular formula is C18H17ClF3N5. The van der Waals surface area contributed by atoms with Crippen LogP contribution in [0.5, 0.6) is 0 Å². The highest BCUT2D eigenvalue weighted by Gasteiger charge is 2.36. The Morgan fingerprint density at radius 2 is 1.89 bits per heavy atom. The molecule has 1 aliphatic carbocycles. The van der Waals surface area contributed by atoms with Gasteiger partial charge in [-0.1, -0.05) is 30.9 Å².